The molecule has 2 N–H and O–H groups in total. The Hall–Kier alpha value is -1.02. The van der Waals surface area contributed by atoms with Gasteiger partial charge < -0.3 is 10.6 Å². The van der Waals surface area contributed by atoms with Crippen molar-refractivity contribution in [2.75, 3.05) is 11.4 Å². The Labute approximate surface area is 78.3 Å². The first-order valence-corrected chi connectivity index (χ1v) is 4.95. The molecule has 2 aliphatic rings. The quantitative estimate of drug-likeness (QED) is 0.639. The zero-order valence-corrected chi connectivity index (χ0v) is 7.61. The molecule has 1 saturated heterocycles. The summed E-state index contributed by atoms with van der Waals surface area (Å²) >= 11 is 0. The summed E-state index contributed by atoms with van der Waals surface area (Å²) in [5.74, 6) is 0. The summed E-state index contributed by atoms with van der Waals surface area (Å²) in [6.07, 6.45) is 2.36. The fraction of sp³-hybridized carbons (Fsp3) is 0.455. The molecule has 0 saturated carbocycles. The van der Waals surface area contributed by atoms with Gasteiger partial charge in [-0.15, -0.1) is 0 Å². The van der Waals surface area contributed by atoms with Crippen molar-refractivity contribution in [3.8, 4) is 0 Å². The van der Waals surface area contributed by atoms with Gasteiger partial charge in [0.2, 0.25) is 0 Å². The molecule has 1 aromatic carbocycles. The minimum atomic E-state index is 0.387. The minimum Gasteiger partial charge on any atom is -0.366 e. The zero-order chi connectivity index (χ0) is 8.84. The zero-order valence-electron chi connectivity index (χ0n) is 7.61. The second kappa shape index (κ2) is 2.48. The summed E-state index contributed by atoms with van der Waals surface area (Å²) in [5, 5.41) is 0. The lowest BCUT2D eigenvalue weighted by atomic mass is 10.1. The minimum absolute atomic E-state index is 0.387. The number of hydrogen-bond acceptors (Lipinski definition) is 2. The number of rotatable bonds is 0. The first kappa shape index (κ1) is 7.39. The molecule has 2 heterocycles. The monoisotopic (exact) mass is 174 g/mol. The lowest BCUT2D eigenvalue weighted by molar-refractivity contribution is 0.662. The number of nitrogens with two attached hydrogens (primary N) is 1. The summed E-state index contributed by atoms with van der Waals surface area (Å²) in [4.78, 5) is 2.47. The van der Waals surface area contributed by atoms with E-state index in [4.69, 9.17) is 5.73 Å². The fourth-order valence-corrected chi connectivity index (χ4v) is 2.66. The normalized spacial score (nSPS) is 30.4. The van der Waals surface area contributed by atoms with Crippen LogP contribution in [-0.2, 0) is 6.42 Å². The van der Waals surface area contributed by atoms with Crippen molar-refractivity contribution in [3.63, 3.8) is 0 Å². The highest BCUT2D eigenvalue weighted by Crippen LogP contribution is 2.36. The SMILES string of the molecule is NC1CC2Cc3ccccc3N2C1. The molecule has 0 amide bonds. The Morgan fingerprint density at radius 3 is 3.08 bits per heavy atom. The predicted molar refractivity (Wildman–Crippen MR) is 53.9 cm³/mol. The fourth-order valence-electron chi connectivity index (χ4n) is 2.66. The molecule has 13 heavy (non-hydrogen) atoms. The number of anilines is 1. The van der Waals surface area contributed by atoms with Crippen molar-refractivity contribution < 1.29 is 0 Å². The molecular formula is C11H14N2. The van der Waals surface area contributed by atoms with Crippen molar-refractivity contribution in [2.24, 2.45) is 5.73 Å². The molecule has 0 radical (unpaired) electrons. The number of para-hydroxylation sites is 1. The number of nitrogens with zero attached hydrogens (tertiary/aromatic N) is 1. The van der Waals surface area contributed by atoms with Gasteiger partial charge in [0.15, 0.2) is 0 Å². The topological polar surface area (TPSA) is 29.3 Å². The van der Waals surface area contributed by atoms with Crippen LogP contribution in [0.15, 0.2) is 24.3 Å². The third-order valence-electron chi connectivity index (χ3n) is 3.20. The Morgan fingerprint density at radius 2 is 2.15 bits per heavy atom. The molecule has 0 bridgehead atoms. The van der Waals surface area contributed by atoms with E-state index in [0.29, 0.717) is 12.1 Å². The van der Waals surface area contributed by atoms with Gasteiger partial charge in [-0.25, -0.2) is 0 Å². The van der Waals surface area contributed by atoms with Gasteiger partial charge in [0.1, 0.15) is 0 Å². The highest BCUT2D eigenvalue weighted by atomic mass is 15.2. The molecule has 1 fully saturated rings. The molecule has 0 aromatic heterocycles. The maximum Gasteiger partial charge on any atom is 0.0402 e. The van der Waals surface area contributed by atoms with Crippen LogP contribution in [0.3, 0.4) is 0 Å². The van der Waals surface area contributed by atoms with Gasteiger partial charge in [0, 0.05) is 24.3 Å². The lowest BCUT2D eigenvalue weighted by Gasteiger charge is -2.18. The molecule has 3 rings (SSSR count). The largest absolute Gasteiger partial charge is 0.366 e. The molecule has 2 atom stereocenters. The lowest BCUT2D eigenvalue weighted by Crippen LogP contribution is -2.27. The van der Waals surface area contributed by atoms with E-state index in [1.165, 1.54) is 17.7 Å². The Bertz CT molecular complexity index is 335. The average Bonchev–Trinajstić information content (AvgIpc) is 2.60. The second-order valence-corrected chi connectivity index (χ2v) is 4.13. The highest BCUT2D eigenvalue weighted by molar-refractivity contribution is 5.60. The van der Waals surface area contributed by atoms with Crippen molar-refractivity contribution >= 4 is 5.69 Å². The van der Waals surface area contributed by atoms with E-state index in [9.17, 15) is 0 Å². The van der Waals surface area contributed by atoms with Crippen LogP contribution in [-0.4, -0.2) is 18.6 Å². The Morgan fingerprint density at radius 1 is 1.31 bits per heavy atom. The molecule has 2 unspecified atom stereocenters. The third-order valence-corrected chi connectivity index (χ3v) is 3.20. The van der Waals surface area contributed by atoms with Gasteiger partial charge >= 0.3 is 0 Å². The first-order chi connectivity index (χ1) is 6.34. The summed E-state index contributed by atoms with van der Waals surface area (Å²) in [5.41, 5.74) is 8.86. The summed E-state index contributed by atoms with van der Waals surface area (Å²) < 4.78 is 0. The third kappa shape index (κ3) is 0.985. The highest BCUT2D eigenvalue weighted by Gasteiger charge is 2.36. The second-order valence-electron chi connectivity index (χ2n) is 4.13. The molecule has 1 aromatic rings. The van der Waals surface area contributed by atoms with Gasteiger partial charge in [0.05, 0.1) is 0 Å². The van der Waals surface area contributed by atoms with Crippen LogP contribution in [0.25, 0.3) is 0 Å². The van der Waals surface area contributed by atoms with Gasteiger partial charge in [0.25, 0.3) is 0 Å². The maximum atomic E-state index is 5.94. The molecule has 0 spiro atoms. The van der Waals surface area contributed by atoms with Crippen LogP contribution in [0.5, 0.6) is 0 Å². The Balaban J connectivity index is 2.02. The Kier molecular flexibility index (Phi) is 1.41. The predicted octanol–water partition coefficient (Wildman–Crippen LogP) is 1.15. The van der Waals surface area contributed by atoms with E-state index in [1.807, 2.05) is 0 Å². The van der Waals surface area contributed by atoms with Crippen molar-refractivity contribution in [1.82, 2.24) is 0 Å². The molecule has 0 aliphatic carbocycles. The van der Waals surface area contributed by atoms with Crippen LogP contribution in [0.2, 0.25) is 0 Å². The van der Waals surface area contributed by atoms with E-state index >= 15 is 0 Å². The summed E-state index contributed by atoms with van der Waals surface area (Å²) in [6, 6.07) is 9.77. The van der Waals surface area contributed by atoms with E-state index in [2.05, 4.69) is 29.2 Å². The molecule has 68 valence electrons. The van der Waals surface area contributed by atoms with Gasteiger partial charge in [-0.05, 0) is 24.5 Å². The molecule has 2 nitrogen and oxygen atoms in total. The number of hydrogen-bond donors (Lipinski definition) is 1. The van der Waals surface area contributed by atoms with Crippen molar-refractivity contribution in [2.45, 2.75) is 24.9 Å². The van der Waals surface area contributed by atoms with Crippen molar-refractivity contribution in [1.29, 1.82) is 0 Å². The van der Waals surface area contributed by atoms with E-state index in [0.717, 1.165) is 13.0 Å². The maximum absolute atomic E-state index is 5.94. The van der Waals surface area contributed by atoms with Gasteiger partial charge in [-0.1, -0.05) is 18.2 Å². The summed E-state index contributed by atoms with van der Waals surface area (Å²) in [7, 11) is 0. The standard InChI is InChI=1S/C11H14N2/c12-9-6-10-5-8-3-1-2-4-11(8)13(10)7-9/h1-4,9-10H,5-7,12H2. The summed E-state index contributed by atoms with van der Waals surface area (Å²) in [6.45, 7) is 1.04. The first-order valence-electron chi connectivity index (χ1n) is 4.95. The average molecular weight is 174 g/mol. The van der Waals surface area contributed by atoms with E-state index in [1.54, 1.807) is 0 Å². The smallest absolute Gasteiger partial charge is 0.0402 e. The van der Waals surface area contributed by atoms with E-state index < -0.39 is 0 Å². The van der Waals surface area contributed by atoms with Crippen LogP contribution in [0.1, 0.15) is 12.0 Å². The molecular weight excluding hydrogens is 160 g/mol. The van der Waals surface area contributed by atoms with Crippen LogP contribution < -0.4 is 10.6 Å². The number of benzene rings is 1. The van der Waals surface area contributed by atoms with Crippen LogP contribution in [0, 0.1) is 0 Å². The van der Waals surface area contributed by atoms with Gasteiger partial charge in [-0.3, -0.25) is 0 Å². The van der Waals surface area contributed by atoms with E-state index in [-0.39, 0.29) is 0 Å². The van der Waals surface area contributed by atoms with Gasteiger partial charge in [-0.2, -0.15) is 0 Å². The van der Waals surface area contributed by atoms with Crippen LogP contribution in [0.4, 0.5) is 5.69 Å². The van der Waals surface area contributed by atoms with Crippen LogP contribution >= 0.6 is 0 Å². The molecule has 2 heteroatoms. The number of fused-ring (bicyclic) bond motifs is 3. The molecule has 2 aliphatic heterocycles. The van der Waals surface area contributed by atoms with Crippen molar-refractivity contribution in [3.05, 3.63) is 29.8 Å².